The molecule has 0 aromatic heterocycles. The zero-order chi connectivity index (χ0) is 15.2. The number of primary amides is 1. The molecule has 2 heterocycles. The summed E-state index contributed by atoms with van der Waals surface area (Å²) in [6, 6.07) is -0.170. The number of carbonyl (C=O) groups excluding carboxylic acids is 2. The van der Waals surface area contributed by atoms with E-state index in [1.165, 1.54) is 0 Å². The highest BCUT2D eigenvalue weighted by Crippen LogP contribution is 2.46. The third kappa shape index (κ3) is 2.80. The van der Waals surface area contributed by atoms with Crippen LogP contribution in [-0.2, 0) is 9.53 Å². The highest BCUT2D eigenvalue weighted by atomic mass is 79.9. The molecule has 3 rings (SSSR count). The normalized spacial score (nSPS) is 36.9. The fourth-order valence-electron chi connectivity index (χ4n) is 3.43. The fourth-order valence-corrected chi connectivity index (χ4v) is 4.13. The minimum atomic E-state index is -0.535. The lowest BCUT2D eigenvalue weighted by Gasteiger charge is -2.54. The predicted molar refractivity (Wildman–Crippen MR) is 79.4 cm³/mol. The molecular formula is C14H23BrN2O3. The molecule has 2 saturated heterocycles. The lowest BCUT2D eigenvalue weighted by Crippen LogP contribution is -2.65. The maximum Gasteiger partial charge on any atom is 0.410 e. The van der Waals surface area contributed by atoms with Gasteiger partial charge in [-0.1, -0.05) is 22.9 Å². The van der Waals surface area contributed by atoms with Crippen LogP contribution in [0.4, 0.5) is 4.79 Å². The van der Waals surface area contributed by atoms with Gasteiger partial charge >= 0.3 is 6.09 Å². The van der Waals surface area contributed by atoms with Gasteiger partial charge in [-0.05, 0) is 39.0 Å². The molecule has 3 fully saturated rings. The minimum absolute atomic E-state index is 0.170. The van der Waals surface area contributed by atoms with Crippen LogP contribution < -0.4 is 5.73 Å². The molecule has 0 aromatic rings. The number of rotatable bonds is 1. The summed E-state index contributed by atoms with van der Waals surface area (Å²) in [6.07, 6.45) is 0.407. The summed E-state index contributed by atoms with van der Waals surface area (Å²) in [7, 11) is 0. The number of hydrogen-bond donors (Lipinski definition) is 1. The molecule has 6 heteroatoms. The van der Waals surface area contributed by atoms with Crippen molar-refractivity contribution < 1.29 is 14.3 Å². The molecule has 5 nitrogen and oxygen atoms in total. The molecule has 0 spiro atoms. The van der Waals surface area contributed by atoms with E-state index in [-0.39, 0.29) is 35.8 Å². The van der Waals surface area contributed by atoms with Crippen LogP contribution >= 0.6 is 15.9 Å². The topological polar surface area (TPSA) is 72.6 Å². The van der Waals surface area contributed by atoms with Crippen LogP contribution in [-0.4, -0.2) is 39.9 Å². The molecule has 5 unspecified atom stereocenters. The maximum absolute atomic E-state index is 12.4. The van der Waals surface area contributed by atoms with Crippen molar-refractivity contribution in [2.24, 2.45) is 23.5 Å². The average molecular weight is 347 g/mol. The van der Waals surface area contributed by atoms with E-state index in [0.29, 0.717) is 11.4 Å². The van der Waals surface area contributed by atoms with Crippen molar-refractivity contribution in [3.05, 3.63) is 0 Å². The van der Waals surface area contributed by atoms with Crippen LogP contribution in [0, 0.1) is 17.8 Å². The van der Waals surface area contributed by atoms with Crippen molar-refractivity contribution in [3.8, 4) is 0 Å². The summed E-state index contributed by atoms with van der Waals surface area (Å²) in [5.41, 5.74) is 4.98. The van der Waals surface area contributed by atoms with E-state index < -0.39 is 5.60 Å². The van der Waals surface area contributed by atoms with E-state index >= 15 is 0 Å². The van der Waals surface area contributed by atoms with Gasteiger partial charge in [-0.15, -0.1) is 0 Å². The van der Waals surface area contributed by atoms with Gasteiger partial charge in [-0.2, -0.15) is 0 Å². The number of alkyl halides is 1. The van der Waals surface area contributed by atoms with Gasteiger partial charge in [0.2, 0.25) is 5.91 Å². The fraction of sp³-hybridized carbons (Fsp3) is 0.857. The molecule has 2 amide bonds. The Kier molecular flexibility index (Phi) is 4.06. The predicted octanol–water partition coefficient (Wildman–Crippen LogP) is 2.13. The molecule has 0 radical (unpaired) electrons. The van der Waals surface area contributed by atoms with Crippen molar-refractivity contribution in [2.75, 3.05) is 6.54 Å². The third-order valence-electron chi connectivity index (χ3n) is 4.24. The van der Waals surface area contributed by atoms with Gasteiger partial charge in [0.25, 0.3) is 0 Å². The summed E-state index contributed by atoms with van der Waals surface area (Å²) in [4.78, 5) is 26.1. The molecule has 114 valence electrons. The Morgan fingerprint density at radius 1 is 1.35 bits per heavy atom. The smallest absolute Gasteiger partial charge is 0.410 e. The first-order valence-electron chi connectivity index (χ1n) is 7.05. The molecule has 1 saturated carbocycles. The Morgan fingerprint density at radius 3 is 2.40 bits per heavy atom. The van der Waals surface area contributed by atoms with Crippen molar-refractivity contribution in [1.82, 2.24) is 4.90 Å². The largest absolute Gasteiger partial charge is 0.444 e. The monoisotopic (exact) mass is 346 g/mol. The summed E-state index contributed by atoms with van der Waals surface area (Å²) in [6.45, 7) is 8.21. The first kappa shape index (κ1) is 15.6. The van der Waals surface area contributed by atoms with Crippen molar-refractivity contribution in [1.29, 1.82) is 0 Å². The zero-order valence-electron chi connectivity index (χ0n) is 12.4. The Labute approximate surface area is 128 Å². The zero-order valence-corrected chi connectivity index (χ0v) is 14.0. The third-order valence-corrected chi connectivity index (χ3v) is 5.83. The second-order valence-electron chi connectivity index (χ2n) is 6.93. The quantitative estimate of drug-likeness (QED) is 0.739. The van der Waals surface area contributed by atoms with E-state index in [4.69, 9.17) is 10.5 Å². The highest BCUT2D eigenvalue weighted by molar-refractivity contribution is 9.09. The number of ether oxygens (including phenoxy) is 1. The van der Waals surface area contributed by atoms with Crippen LogP contribution in [0.2, 0.25) is 0 Å². The Morgan fingerprint density at radius 2 is 1.95 bits per heavy atom. The number of carbonyl (C=O) groups is 2. The van der Waals surface area contributed by atoms with Gasteiger partial charge < -0.3 is 15.4 Å². The number of nitrogens with two attached hydrogens (primary N) is 1. The van der Waals surface area contributed by atoms with Gasteiger partial charge in [0.15, 0.2) is 0 Å². The molecular weight excluding hydrogens is 324 g/mol. The van der Waals surface area contributed by atoms with Crippen LogP contribution in [0.5, 0.6) is 0 Å². The van der Waals surface area contributed by atoms with Crippen LogP contribution in [0.25, 0.3) is 0 Å². The SMILES string of the molecule is CC1C(Br)C2CC(C(N)=O)C1N(C(=O)OC(C)(C)C)C2. The number of halogens is 1. The van der Waals surface area contributed by atoms with E-state index in [1.807, 2.05) is 20.8 Å². The lowest BCUT2D eigenvalue weighted by molar-refractivity contribution is -0.131. The van der Waals surface area contributed by atoms with Crippen molar-refractivity contribution >= 4 is 27.9 Å². The number of hydrogen-bond acceptors (Lipinski definition) is 3. The first-order valence-corrected chi connectivity index (χ1v) is 7.96. The van der Waals surface area contributed by atoms with Gasteiger partial charge in [0, 0.05) is 11.4 Å². The molecule has 2 N–H and O–H groups in total. The van der Waals surface area contributed by atoms with Crippen molar-refractivity contribution in [2.45, 2.75) is 50.6 Å². The number of amides is 2. The molecule has 20 heavy (non-hydrogen) atoms. The average Bonchev–Trinajstić information content (AvgIpc) is 2.31. The Hall–Kier alpha value is -0.780. The van der Waals surface area contributed by atoms with Gasteiger partial charge in [-0.25, -0.2) is 4.79 Å². The van der Waals surface area contributed by atoms with Crippen molar-refractivity contribution in [3.63, 3.8) is 0 Å². The molecule has 2 bridgehead atoms. The molecule has 2 aliphatic heterocycles. The second kappa shape index (κ2) is 5.20. The minimum Gasteiger partial charge on any atom is -0.444 e. The standard InChI is InChI=1S/C14H23BrN2O3/c1-7-10(15)8-5-9(12(16)18)11(7)17(6-8)13(19)20-14(2,3)4/h7-11H,5-6H2,1-4H3,(H2,16,18). The summed E-state index contributed by atoms with van der Waals surface area (Å²) < 4.78 is 5.46. The Bertz CT molecular complexity index is 419. The maximum atomic E-state index is 12.4. The van der Waals surface area contributed by atoms with Gasteiger partial charge in [0.1, 0.15) is 5.60 Å². The van der Waals surface area contributed by atoms with Crippen LogP contribution in [0.1, 0.15) is 34.1 Å². The first-order chi connectivity index (χ1) is 9.11. The Balaban J connectivity index is 2.23. The lowest BCUT2D eigenvalue weighted by atomic mass is 9.67. The summed E-state index contributed by atoms with van der Waals surface area (Å²) >= 11 is 3.69. The van der Waals surface area contributed by atoms with Gasteiger partial charge in [-0.3, -0.25) is 4.79 Å². The summed E-state index contributed by atoms with van der Waals surface area (Å²) in [5.74, 6) is -0.155. The number of nitrogens with zero attached hydrogens (tertiary/aromatic N) is 1. The molecule has 0 aromatic carbocycles. The van der Waals surface area contributed by atoms with Crippen LogP contribution in [0.3, 0.4) is 0 Å². The van der Waals surface area contributed by atoms with E-state index in [9.17, 15) is 9.59 Å². The second-order valence-corrected chi connectivity index (χ2v) is 7.99. The van der Waals surface area contributed by atoms with E-state index in [2.05, 4.69) is 22.9 Å². The molecule has 1 aliphatic carbocycles. The summed E-state index contributed by atoms with van der Waals surface area (Å²) in [5, 5.41) is 0. The number of piperidine rings is 2. The molecule has 3 aliphatic rings. The number of fused-ring (bicyclic) bond motifs is 3. The van der Waals surface area contributed by atoms with E-state index in [0.717, 1.165) is 6.42 Å². The van der Waals surface area contributed by atoms with Gasteiger partial charge in [0.05, 0.1) is 12.0 Å². The highest BCUT2D eigenvalue weighted by Gasteiger charge is 2.53. The van der Waals surface area contributed by atoms with Crippen LogP contribution in [0.15, 0.2) is 0 Å². The molecule has 5 atom stereocenters. The van der Waals surface area contributed by atoms with E-state index in [1.54, 1.807) is 4.90 Å².